The summed E-state index contributed by atoms with van der Waals surface area (Å²) >= 11 is 0. The summed E-state index contributed by atoms with van der Waals surface area (Å²) in [5.41, 5.74) is 6.62. The zero-order chi connectivity index (χ0) is 31.3. The van der Waals surface area contributed by atoms with E-state index in [0.29, 0.717) is 24.8 Å². The number of hydrogen-bond acceptors (Lipinski definition) is 11. The van der Waals surface area contributed by atoms with Crippen molar-refractivity contribution in [3.05, 3.63) is 23.8 Å². The number of rotatable bonds is 20. The molecule has 0 aliphatic carbocycles. The monoisotopic (exact) mass is 595 g/mol. The molecular formula is C31H49NO10. The lowest BCUT2D eigenvalue weighted by molar-refractivity contribution is -0.166. The maximum Gasteiger partial charge on any atom is 0.513 e. The second kappa shape index (κ2) is 21.4. The molecule has 3 atom stereocenters. The summed E-state index contributed by atoms with van der Waals surface area (Å²) in [6, 6.07) is 3.37. The average Bonchev–Trinajstić information content (AvgIpc) is 2.94. The fourth-order valence-corrected chi connectivity index (χ4v) is 3.68. The van der Waals surface area contributed by atoms with Crippen LogP contribution in [0.2, 0.25) is 0 Å². The number of esters is 2. The van der Waals surface area contributed by atoms with Gasteiger partial charge in [-0.15, -0.1) is 0 Å². The number of carbonyl (C=O) groups excluding carboxylic acids is 4. The van der Waals surface area contributed by atoms with Gasteiger partial charge in [-0.25, -0.2) is 9.59 Å². The number of hydrogen-bond donors (Lipinski definition) is 1. The van der Waals surface area contributed by atoms with Crippen LogP contribution in [0.5, 0.6) is 11.5 Å². The first-order chi connectivity index (χ1) is 20.1. The number of benzene rings is 1. The summed E-state index contributed by atoms with van der Waals surface area (Å²) in [4.78, 5) is 49.1. The Labute approximate surface area is 249 Å². The van der Waals surface area contributed by atoms with Gasteiger partial charge < -0.3 is 34.2 Å². The van der Waals surface area contributed by atoms with Crippen molar-refractivity contribution in [2.75, 3.05) is 13.2 Å². The first kappa shape index (κ1) is 36.7. The molecule has 42 heavy (non-hydrogen) atoms. The van der Waals surface area contributed by atoms with Crippen molar-refractivity contribution < 1.29 is 47.6 Å². The third kappa shape index (κ3) is 15.6. The van der Waals surface area contributed by atoms with Crippen LogP contribution in [0.1, 0.15) is 104 Å². The molecular weight excluding hydrogens is 546 g/mol. The minimum Gasteiger partial charge on any atom is -0.459 e. The van der Waals surface area contributed by atoms with Crippen LogP contribution in [0.3, 0.4) is 0 Å². The zero-order valence-electron chi connectivity index (χ0n) is 25.8. The molecule has 11 nitrogen and oxygen atoms in total. The standard InChI is InChI=1S/C31H49NO10/c1-6-9-12-15-28(33)39-22(4)23(5)40-29(34)25(32)20-24-16-17-26(41-30(35)37-18-13-10-7-2)27(21-24)42-31(36)38-19-14-11-8-3/h16-17,21-23,25H,6-15,18-20,32H2,1-5H3/t22?,23-,25-/m0/s1. The van der Waals surface area contributed by atoms with Crippen molar-refractivity contribution in [3.8, 4) is 11.5 Å². The van der Waals surface area contributed by atoms with Crippen LogP contribution in [0.25, 0.3) is 0 Å². The summed E-state index contributed by atoms with van der Waals surface area (Å²) in [5, 5.41) is 0. The summed E-state index contributed by atoms with van der Waals surface area (Å²) in [5.74, 6) is -1.17. The molecule has 0 saturated heterocycles. The predicted octanol–water partition coefficient (Wildman–Crippen LogP) is 6.41. The smallest absolute Gasteiger partial charge is 0.459 e. The van der Waals surface area contributed by atoms with Crippen LogP contribution in [-0.2, 0) is 35.0 Å². The van der Waals surface area contributed by atoms with E-state index in [9.17, 15) is 19.2 Å². The van der Waals surface area contributed by atoms with Crippen molar-refractivity contribution in [1.29, 1.82) is 0 Å². The lowest BCUT2D eigenvalue weighted by Gasteiger charge is -2.22. The molecule has 0 aromatic heterocycles. The van der Waals surface area contributed by atoms with Crippen molar-refractivity contribution >= 4 is 24.2 Å². The zero-order valence-corrected chi connectivity index (χ0v) is 25.8. The van der Waals surface area contributed by atoms with Gasteiger partial charge in [0.2, 0.25) is 0 Å². The minimum atomic E-state index is -1.07. The molecule has 0 saturated carbocycles. The first-order valence-electron chi connectivity index (χ1n) is 15.1. The van der Waals surface area contributed by atoms with Gasteiger partial charge in [-0.2, -0.15) is 0 Å². The number of ether oxygens (including phenoxy) is 6. The van der Waals surface area contributed by atoms with E-state index in [1.807, 2.05) is 20.8 Å². The lowest BCUT2D eigenvalue weighted by atomic mass is 10.1. The van der Waals surface area contributed by atoms with Crippen molar-refractivity contribution in [3.63, 3.8) is 0 Å². The molecule has 0 aliphatic heterocycles. The highest BCUT2D eigenvalue weighted by atomic mass is 16.7. The molecule has 0 aliphatic rings. The normalized spacial score (nSPS) is 12.9. The summed E-state index contributed by atoms with van der Waals surface area (Å²) in [7, 11) is 0. The molecule has 2 N–H and O–H groups in total. The fourth-order valence-electron chi connectivity index (χ4n) is 3.68. The molecule has 0 fully saturated rings. The van der Waals surface area contributed by atoms with E-state index in [1.165, 1.54) is 12.1 Å². The Kier molecular flexibility index (Phi) is 18.7. The van der Waals surface area contributed by atoms with Crippen LogP contribution in [0.15, 0.2) is 18.2 Å². The van der Waals surface area contributed by atoms with Crippen LogP contribution in [0, 0.1) is 0 Å². The average molecular weight is 596 g/mol. The Hall–Kier alpha value is -3.34. The molecule has 0 amide bonds. The van der Waals surface area contributed by atoms with Crippen LogP contribution in [0.4, 0.5) is 9.59 Å². The van der Waals surface area contributed by atoms with Crippen molar-refractivity contribution in [1.82, 2.24) is 0 Å². The largest absolute Gasteiger partial charge is 0.513 e. The Bertz CT molecular complexity index is 967. The topological polar surface area (TPSA) is 150 Å². The SMILES string of the molecule is CCCCCOC(=O)Oc1ccc(C[C@H](N)C(=O)O[C@@H](C)C(C)OC(=O)CCCCC)cc1OC(=O)OCCCCC. The quantitative estimate of drug-likeness (QED) is 0.0770. The lowest BCUT2D eigenvalue weighted by Crippen LogP contribution is -2.39. The molecule has 0 heterocycles. The Morgan fingerprint density at radius 3 is 1.81 bits per heavy atom. The molecule has 0 bridgehead atoms. The van der Waals surface area contributed by atoms with E-state index in [-0.39, 0.29) is 37.1 Å². The van der Waals surface area contributed by atoms with Gasteiger partial charge in [0.25, 0.3) is 0 Å². The maximum absolute atomic E-state index is 12.7. The molecule has 1 aromatic carbocycles. The highest BCUT2D eigenvalue weighted by molar-refractivity contribution is 5.76. The first-order valence-corrected chi connectivity index (χ1v) is 15.1. The third-order valence-electron chi connectivity index (χ3n) is 6.35. The molecule has 1 unspecified atom stereocenters. The summed E-state index contributed by atoms with van der Waals surface area (Å²) < 4.78 is 31.6. The Morgan fingerprint density at radius 2 is 1.24 bits per heavy atom. The second-order valence-corrected chi connectivity index (χ2v) is 10.2. The Balaban J connectivity index is 2.84. The van der Waals surface area contributed by atoms with Gasteiger partial charge in [0.05, 0.1) is 13.2 Å². The van der Waals surface area contributed by atoms with Crippen molar-refractivity contribution in [2.45, 2.75) is 123 Å². The van der Waals surface area contributed by atoms with E-state index < -0.39 is 36.5 Å². The maximum atomic E-state index is 12.7. The predicted molar refractivity (Wildman–Crippen MR) is 156 cm³/mol. The highest BCUT2D eigenvalue weighted by Crippen LogP contribution is 2.30. The summed E-state index contributed by atoms with van der Waals surface area (Å²) in [6.45, 7) is 9.77. The third-order valence-corrected chi connectivity index (χ3v) is 6.35. The molecule has 0 spiro atoms. The van der Waals surface area contributed by atoms with Gasteiger partial charge in [0, 0.05) is 6.42 Å². The van der Waals surface area contributed by atoms with E-state index >= 15 is 0 Å². The van der Waals surface area contributed by atoms with E-state index in [1.54, 1.807) is 19.9 Å². The number of nitrogens with two attached hydrogens (primary N) is 1. The van der Waals surface area contributed by atoms with Gasteiger partial charge >= 0.3 is 24.2 Å². The Morgan fingerprint density at radius 1 is 0.714 bits per heavy atom. The van der Waals surface area contributed by atoms with Crippen LogP contribution >= 0.6 is 0 Å². The molecule has 238 valence electrons. The van der Waals surface area contributed by atoms with Gasteiger partial charge in [-0.1, -0.05) is 65.4 Å². The molecule has 1 rings (SSSR count). The fraction of sp³-hybridized carbons (Fsp3) is 0.677. The van der Waals surface area contributed by atoms with Gasteiger partial charge in [-0.3, -0.25) is 9.59 Å². The van der Waals surface area contributed by atoms with Gasteiger partial charge in [0.1, 0.15) is 18.2 Å². The second-order valence-electron chi connectivity index (χ2n) is 10.2. The van der Waals surface area contributed by atoms with E-state index in [4.69, 9.17) is 34.2 Å². The summed E-state index contributed by atoms with van der Waals surface area (Å²) in [6.07, 6.45) is 4.89. The van der Waals surface area contributed by atoms with E-state index in [2.05, 4.69) is 0 Å². The van der Waals surface area contributed by atoms with E-state index in [0.717, 1.165) is 44.9 Å². The number of unbranched alkanes of at least 4 members (excludes halogenated alkanes) is 6. The molecule has 1 aromatic rings. The molecule has 11 heteroatoms. The minimum absolute atomic E-state index is 0.0282. The molecule has 0 radical (unpaired) electrons. The van der Waals surface area contributed by atoms with Crippen LogP contribution < -0.4 is 15.2 Å². The van der Waals surface area contributed by atoms with Crippen molar-refractivity contribution in [2.24, 2.45) is 5.73 Å². The van der Waals surface area contributed by atoms with Gasteiger partial charge in [-0.05, 0) is 57.2 Å². The van der Waals surface area contributed by atoms with Crippen LogP contribution in [-0.4, -0.2) is 55.7 Å². The highest BCUT2D eigenvalue weighted by Gasteiger charge is 2.25. The number of carbonyl (C=O) groups is 4. The van der Waals surface area contributed by atoms with Gasteiger partial charge in [0.15, 0.2) is 11.5 Å².